The van der Waals surface area contributed by atoms with Crippen LogP contribution in [0.2, 0.25) is 0 Å². The van der Waals surface area contributed by atoms with Gasteiger partial charge in [0.1, 0.15) is 0 Å². The Morgan fingerprint density at radius 2 is 1.85 bits per heavy atom. The standard InChI is InChI=1S/C10H20O3/c1-2-3-4-6-9(10(12)13)7-5-8-11/h9,11H,2-8H2,1H3,(H,12,13). The van der Waals surface area contributed by atoms with E-state index in [2.05, 4.69) is 6.92 Å². The quantitative estimate of drug-likeness (QED) is 0.573. The van der Waals surface area contributed by atoms with E-state index in [1.807, 2.05) is 0 Å². The summed E-state index contributed by atoms with van der Waals surface area (Å²) in [6, 6.07) is 0. The second kappa shape index (κ2) is 8.05. The van der Waals surface area contributed by atoms with Crippen LogP contribution in [0, 0.1) is 5.92 Å². The minimum atomic E-state index is -0.718. The van der Waals surface area contributed by atoms with Crippen molar-refractivity contribution in [1.82, 2.24) is 0 Å². The summed E-state index contributed by atoms with van der Waals surface area (Å²) in [4.78, 5) is 10.7. The molecule has 0 heterocycles. The first-order chi connectivity index (χ1) is 6.22. The van der Waals surface area contributed by atoms with E-state index in [9.17, 15) is 4.79 Å². The molecule has 1 atom stereocenters. The Balaban J connectivity index is 3.61. The van der Waals surface area contributed by atoms with Crippen molar-refractivity contribution in [2.24, 2.45) is 5.92 Å². The van der Waals surface area contributed by atoms with Crippen LogP contribution in [0.1, 0.15) is 45.4 Å². The van der Waals surface area contributed by atoms with Gasteiger partial charge in [0, 0.05) is 6.61 Å². The number of aliphatic hydroxyl groups excluding tert-OH is 1. The summed E-state index contributed by atoms with van der Waals surface area (Å²) in [6.45, 7) is 2.20. The number of hydrogen-bond acceptors (Lipinski definition) is 2. The predicted octanol–water partition coefficient (Wildman–Crippen LogP) is 2.04. The smallest absolute Gasteiger partial charge is 0.306 e. The van der Waals surface area contributed by atoms with Crippen molar-refractivity contribution in [2.75, 3.05) is 6.61 Å². The molecule has 13 heavy (non-hydrogen) atoms. The van der Waals surface area contributed by atoms with Gasteiger partial charge < -0.3 is 10.2 Å². The Morgan fingerprint density at radius 1 is 1.23 bits per heavy atom. The molecule has 0 fully saturated rings. The molecule has 0 saturated carbocycles. The summed E-state index contributed by atoms with van der Waals surface area (Å²) >= 11 is 0. The molecule has 0 rings (SSSR count). The Labute approximate surface area is 79.8 Å². The van der Waals surface area contributed by atoms with Crippen LogP contribution in [-0.2, 0) is 4.79 Å². The van der Waals surface area contributed by atoms with Crippen LogP contribution in [0.4, 0.5) is 0 Å². The lowest BCUT2D eigenvalue weighted by Crippen LogP contribution is -2.14. The monoisotopic (exact) mass is 188 g/mol. The van der Waals surface area contributed by atoms with Crippen LogP contribution in [0.25, 0.3) is 0 Å². The molecule has 3 nitrogen and oxygen atoms in total. The molecule has 1 unspecified atom stereocenters. The van der Waals surface area contributed by atoms with Gasteiger partial charge in [0.05, 0.1) is 5.92 Å². The zero-order valence-electron chi connectivity index (χ0n) is 8.33. The zero-order valence-corrected chi connectivity index (χ0v) is 8.33. The van der Waals surface area contributed by atoms with E-state index in [4.69, 9.17) is 10.2 Å². The molecule has 0 spiro atoms. The first-order valence-electron chi connectivity index (χ1n) is 5.06. The topological polar surface area (TPSA) is 57.5 Å². The second-order valence-electron chi connectivity index (χ2n) is 3.40. The number of carboxylic acids is 1. The number of carboxylic acid groups (broad SMARTS) is 1. The molecule has 0 radical (unpaired) electrons. The number of unbranched alkanes of at least 4 members (excludes halogenated alkanes) is 2. The summed E-state index contributed by atoms with van der Waals surface area (Å²) in [6.07, 6.45) is 5.16. The molecule has 0 aromatic heterocycles. The van der Waals surface area contributed by atoms with Crippen molar-refractivity contribution in [3.8, 4) is 0 Å². The van der Waals surface area contributed by atoms with Crippen molar-refractivity contribution in [2.45, 2.75) is 45.4 Å². The maximum absolute atomic E-state index is 10.7. The highest BCUT2D eigenvalue weighted by Crippen LogP contribution is 2.15. The molecule has 0 aliphatic carbocycles. The normalized spacial score (nSPS) is 12.8. The van der Waals surface area contributed by atoms with E-state index in [1.54, 1.807) is 0 Å². The maximum atomic E-state index is 10.7. The lowest BCUT2D eigenvalue weighted by molar-refractivity contribution is -0.142. The first kappa shape index (κ1) is 12.4. The Bertz CT molecular complexity index is 134. The molecular weight excluding hydrogens is 168 g/mol. The molecule has 0 bridgehead atoms. The average molecular weight is 188 g/mol. The Hall–Kier alpha value is -0.570. The molecule has 0 aromatic carbocycles. The molecule has 3 heteroatoms. The van der Waals surface area contributed by atoms with Crippen molar-refractivity contribution in [1.29, 1.82) is 0 Å². The van der Waals surface area contributed by atoms with Gasteiger partial charge in [-0.1, -0.05) is 26.2 Å². The van der Waals surface area contributed by atoms with Crippen LogP contribution >= 0.6 is 0 Å². The van der Waals surface area contributed by atoms with Crippen molar-refractivity contribution in [3.05, 3.63) is 0 Å². The van der Waals surface area contributed by atoms with Gasteiger partial charge in [-0.15, -0.1) is 0 Å². The van der Waals surface area contributed by atoms with E-state index in [1.165, 1.54) is 0 Å². The highest BCUT2D eigenvalue weighted by Gasteiger charge is 2.15. The number of carbonyl (C=O) groups is 1. The number of rotatable bonds is 8. The molecule has 0 aromatic rings. The zero-order chi connectivity index (χ0) is 10.1. The SMILES string of the molecule is CCCCCC(CCCO)C(=O)O. The Kier molecular flexibility index (Phi) is 7.69. The molecular formula is C10H20O3. The number of aliphatic carboxylic acids is 1. The number of aliphatic hydroxyl groups is 1. The molecule has 0 amide bonds. The third-order valence-electron chi connectivity index (χ3n) is 2.22. The fourth-order valence-corrected chi connectivity index (χ4v) is 1.37. The molecule has 0 saturated heterocycles. The van der Waals surface area contributed by atoms with Crippen LogP contribution in [-0.4, -0.2) is 22.8 Å². The van der Waals surface area contributed by atoms with Gasteiger partial charge in [0.25, 0.3) is 0 Å². The molecule has 0 aliphatic heterocycles. The highest BCUT2D eigenvalue weighted by atomic mass is 16.4. The van der Waals surface area contributed by atoms with E-state index >= 15 is 0 Å². The van der Waals surface area contributed by atoms with Gasteiger partial charge in [-0.3, -0.25) is 4.79 Å². The minimum absolute atomic E-state index is 0.0948. The third kappa shape index (κ3) is 6.58. The molecule has 0 aliphatic rings. The molecule has 2 N–H and O–H groups in total. The van der Waals surface area contributed by atoms with E-state index in [-0.39, 0.29) is 12.5 Å². The summed E-state index contributed by atoms with van der Waals surface area (Å²) in [5, 5.41) is 17.4. The minimum Gasteiger partial charge on any atom is -0.481 e. The molecule has 78 valence electrons. The van der Waals surface area contributed by atoms with Crippen LogP contribution < -0.4 is 0 Å². The second-order valence-corrected chi connectivity index (χ2v) is 3.40. The van der Waals surface area contributed by atoms with Crippen molar-refractivity contribution < 1.29 is 15.0 Å². The van der Waals surface area contributed by atoms with Gasteiger partial charge >= 0.3 is 5.97 Å². The fraction of sp³-hybridized carbons (Fsp3) is 0.900. The summed E-state index contributed by atoms with van der Waals surface area (Å²) < 4.78 is 0. The lowest BCUT2D eigenvalue weighted by atomic mass is 9.97. The van der Waals surface area contributed by atoms with Crippen LogP contribution in [0.15, 0.2) is 0 Å². The van der Waals surface area contributed by atoms with E-state index < -0.39 is 5.97 Å². The third-order valence-corrected chi connectivity index (χ3v) is 2.22. The first-order valence-corrected chi connectivity index (χ1v) is 5.06. The Morgan fingerprint density at radius 3 is 2.31 bits per heavy atom. The fourth-order valence-electron chi connectivity index (χ4n) is 1.37. The van der Waals surface area contributed by atoms with Gasteiger partial charge in [-0.25, -0.2) is 0 Å². The largest absolute Gasteiger partial charge is 0.481 e. The van der Waals surface area contributed by atoms with Gasteiger partial charge in [-0.05, 0) is 19.3 Å². The van der Waals surface area contributed by atoms with Gasteiger partial charge in [0.15, 0.2) is 0 Å². The van der Waals surface area contributed by atoms with Crippen molar-refractivity contribution in [3.63, 3.8) is 0 Å². The maximum Gasteiger partial charge on any atom is 0.306 e. The van der Waals surface area contributed by atoms with Gasteiger partial charge in [-0.2, -0.15) is 0 Å². The number of hydrogen-bond donors (Lipinski definition) is 2. The summed E-state index contributed by atoms with van der Waals surface area (Å²) in [5.74, 6) is -0.969. The average Bonchev–Trinajstić information content (AvgIpc) is 2.10. The predicted molar refractivity (Wildman–Crippen MR) is 51.6 cm³/mol. The lowest BCUT2D eigenvalue weighted by Gasteiger charge is -2.10. The van der Waals surface area contributed by atoms with E-state index in [0.717, 1.165) is 25.7 Å². The van der Waals surface area contributed by atoms with Gasteiger partial charge in [0.2, 0.25) is 0 Å². The summed E-state index contributed by atoms with van der Waals surface area (Å²) in [5.41, 5.74) is 0. The van der Waals surface area contributed by atoms with Crippen molar-refractivity contribution >= 4 is 5.97 Å². The van der Waals surface area contributed by atoms with Crippen LogP contribution in [0.3, 0.4) is 0 Å². The van der Waals surface area contributed by atoms with E-state index in [0.29, 0.717) is 12.8 Å². The van der Waals surface area contributed by atoms with Crippen LogP contribution in [0.5, 0.6) is 0 Å². The highest BCUT2D eigenvalue weighted by molar-refractivity contribution is 5.69. The summed E-state index contributed by atoms with van der Waals surface area (Å²) in [7, 11) is 0.